The van der Waals surface area contributed by atoms with E-state index in [-0.39, 0.29) is 0 Å². The number of ether oxygens (including phenoxy) is 1. The van der Waals surface area contributed by atoms with Crippen LogP contribution in [0.2, 0.25) is 5.02 Å². The van der Waals surface area contributed by atoms with Crippen molar-refractivity contribution >= 4 is 23.4 Å². The van der Waals surface area contributed by atoms with Crippen molar-refractivity contribution in [3.63, 3.8) is 0 Å². The summed E-state index contributed by atoms with van der Waals surface area (Å²) in [5.41, 5.74) is 7.32. The van der Waals surface area contributed by atoms with Gasteiger partial charge in [-0.25, -0.2) is 0 Å². The van der Waals surface area contributed by atoms with Crippen LogP contribution >= 0.6 is 11.6 Å². The first-order chi connectivity index (χ1) is 13.0. The number of benzene rings is 1. The standard InChI is InChI=1S/C24H30ClNO/c1-6-9-24(27-7-2)19(5)16-26-15-18(4)21-10-8-11-22(21)23-14-20(25)13-12-17(23)3/h9,12-16H,5-8,10-11H2,1-4H3/b18-15+,24-9+,26-16?. The van der Waals surface area contributed by atoms with Crippen LogP contribution in [-0.4, -0.2) is 12.8 Å². The number of halogens is 1. The van der Waals surface area contributed by atoms with Gasteiger partial charge < -0.3 is 4.74 Å². The SMILES string of the molecule is C=C(C=N/C=C(\C)C1=C(c2cc(Cl)ccc2C)CCC1)/C(=C\CC)OCC. The lowest BCUT2D eigenvalue weighted by Crippen LogP contribution is -1.96. The van der Waals surface area contributed by atoms with Crippen LogP contribution in [-0.2, 0) is 4.74 Å². The molecule has 0 radical (unpaired) electrons. The molecule has 0 fully saturated rings. The Kier molecular flexibility index (Phi) is 8.12. The van der Waals surface area contributed by atoms with Gasteiger partial charge in [0.15, 0.2) is 0 Å². The Balaban J connectivity index is 2.24. The van der Waals surface area contributed by atoms with Gasteiger partial charge in [-0.3, -0.25) is 4.99 Å². The van der Waals surface area contributed by atoms with Gasteiger partial charge in [0.05, 0.1) is 6.61 Å². The largest absolute Gasteiger partial charge is 0.494 e. The summed E-state index contributed by atoms with van der Waals surface area (Å²) in [5, 5.41) is 0.788. The third-order valence-corrected chi connectivity index (χ3v) is 4.96. The summed E-state index contributed by atoms with van der Waals surface area (Å²) >= 11 is 6.23. The minimum atomic E-state index is 0.628. The summed E-state index contributed by atoms with van der Waals surface area (Å²) in [6, 6.07) is 6.13. The van der Waals surface area contributed by atoms with Gasteiger partial charge in [0.2, 0.25) is 0 Å². The quantitative estimate of drug-likeness (QED) is 0.259. The molecule has 1 aliphatic carbocycles. The molecular weight excluding hydrogens is 354 g/mol. The third kappa shape index (κ3) is 5.71. The summed E-state index contributed by atoms with van der Waals surface area (Å²) < 4.78 is 5.63. The molecule has 0 atom stereocenters. The number of aliphatic imine (C=N–C) groups is 1. The highest BCUT2D eigenvalue weighted by Crippen LogP contribution is 2.39. The first-order valence-corrected chi connectivity index (χ1v) is 10.1. The number of hydrogen-bond acceptors (Lipinski definition) is 2. The van der Waals surface area contributed by atoms with Crippen molar-refractivity contribution in [1.82, 2.24) is 0 Å². The Morgan fingerprint density at radius 2 is 2.07 bits per heavy atom. The minimum absolute atomic E-state index is 0.628. The van der Waals surface area contributed by atoms with Crippen LogP contribution in [0.3, 0.4) is 0 Å². The van der Waals surface area contributed by atoms with Crippen LogP contribution in [0.15, 0.2) is 64.5 Å². The predicted molar refractivity (Wildman–Crippen MR) is 118 cm³/mol. The van der Waals surface area contributed by atoms with Crippen molar-refractivity contribution in [2.45, 2.75) is 53.4 Å². The van der Waals surface area contributed by atoms with Gasteiger partial charge in [0, 0.05) is 23.0 Å². The minimum Gasteiger partial charge on any atom is -0.494 e. The Hall–Kier alpha value is -2.06. The van der Waals surface area contributed by atoms with Crippen LogP contribution in [0.1, 0.15) is 57.6 Å². The fourth-order valence-electron chi connectivity index (χ4n) is 3.40. The summed E-state index contributed by atoms with van der Waals surface area (Å²) in [5.74, 6) is 0.810. The summed E-state index contributed by atoms with van der Waals surface area (Å²) in [6.45, 7) is 13.0. The van der Waals surface area contributed by atoms with E-state index in [1.807, 2.05) is 25.3 Å². The molecule has 0 spiro atoms. The smallest absolute Gasteiger partial charge is 0.123 e. The van der Waals surface area contributed by atoms with E-state index in [2.05, 4.69) is 44.5 Å². The molecule has 0 amide bonds. The first kappa shape index (κ1) is 21.2. The number of aryl methyl sites for hydroxylation is 1. The van der Waals surface area contributed by atoms with Crippen molar-refractivity contribution in [2.24, 2.45) is 4.99 Å². The highest BCUT2D eigenvalue weighted by atomic mass is 35.5. The predicted octanol–water partition coefficient (Wildman–Crippen LogP) is 7.45. The van der Waals surface area contributed by atoms with Gasteiger partial charge in [-0.15, -0.1) is 0 Å². The second-order valence-electron chi connectivity index (χ2n) is 6.80. The lowest BCUT2D eigenvalue weighted by Gasteiger charge is -2.11. The van der Waals surface area contributed by atoms with Crippen molar-refractivity contribution < 1.29 is 4.74 Å². The highest BCUT2D eigenvalue weighted by Gasteiger charge is 2.18. The molecule has 27 heavy (non-hydrogen) atoms. The molecule has 0 saturated heterocycles. The highest BCUT2D eigenvalue weighted by molar-refractivity contribution is 6.30. The number of hydrogen-bond donors (Lipinski definition) is 0. The molecule has 0 saturated carbocycles. The van der Waals surface area contributed by atoms with Crippen LogP contribution in [0.25, 0.3) is 5.57 Å². The monoisotopic (exact) mass is 383 g/mol. The van der Waals surface area contributed by atoms with Crippen molar-refractivity contribution in [3.05, 3.63) is 75.7 Å². The van der Waals surface area contributed by atoms with Crippen LogP contribution in [0, 0.1) is 6.92 Å². The second kappa shape index (κ2) is 10.3. The van der Waals surface area contributed by atoms with E-state index in [0.29, 0.717) is 6.61 Å². The van der Waals surface area contributed by atoms with E-state index in [4.69, 9.17) is 16.3 Å². The Labute approximate surface area is 169 Å². The Morgan fingerprint density at radius 1 is 1.30 bits per heavy atom. The topological polar surface area (TPSA) is 21.6 Å². The van der Waals surface area contributed by atoms with Crippen molar-refractivity contribution in [1.29, 1.82) is 0 Å². The van der Waals surface area contributed by atoms with Gasteiger partial charge in [-0.1, -0.05) is 31.2 Å². The number of nitrogens with zero attached hydrogens (tertiary/aromatic N) is 1. The zero-order chi connectivity index (χ0) is 19.8. The molecule has 0 aliphatic heterocycles. The van der Waals surface area contributed by atoms with Gasteiger partial charge in [0.1, 0.15) is 5.76 Å². The summed E-state index contributed by atoms with van der Waals surface area (Å²) in [6.07, 6.45) is 10.00. The number of rotatable bonds is 8. The molecule has 1 aromatic rings. The molecule has 144 valence electrons. The molecule has 0 unspecified atom stereocenters. The van der Waals surface area contributed by atoms with E-state index in [0.717, 1.165) is 35.6 Å². The van der Waals surface area contributed by atoms with Crippen LogP contribution < -0.4 is 0 Å². The van der Waals surface area contributed by atoms with Crippen LogP contribution in [0.5, 0.6) is 0 Å². The maximum absolute atomic E-state index is 6.23. The van der Waals surface area contributed by atoms with Crippen LogP contribution in [0.4, 0.5) is 0 Å². The molecule has 2 rings (SSSR count). The van der Waals surface area contributed by atoms with E-state index in [1.54, 1.807) is 6.21 Å². The van der Waals surface area contributed by atoms with Gasteiger partial charge in [-0.05, 0) is 92.5 Å². The maximum Gasteiger partial charge on any atom is 0.123 e. The normalized spacial score (nSPS) is 15.7. The summed E-state index contributed by atoms with van der Waals surface area (Å²) in [7, 11) is 0. The van der Waals surface area contributed by atoms with Gasteiger partial charge in [-0.2, -0.15) is 0 Å². The second-order valence-corrected chi connectivity index (χ2v) is 7.23. The average Bonchev–Trinajstić information content (AvgIpc) is 3.13. The van der Waals surface area contributed by atoms with Crippen molar-refractivity contribution in [2.75, 3.05) is 6.61 Å². The number of allylic oxidation sites excluding steroid dienone is 5. The molecule has 3 heteroatoms. The fourth-order valence-corrected chi connectivity index (χ4v) is 3.57. The Morgan fingerprint density at radius 3 is 2.78 bits per heavy atom. The van der Waals surface area contributed by atoms with Crippen molar-refractivity contribution in [3.8, 4) is 0 Å². The Bertz CT molecular complexity index is 812. The fraction of sp³-hybridized carbons (Fsp3) is 0.375. The zero-order valence-electron chi connectivity index (χ0n) is 16.9. The average molecular weight is 384 g/mol. The first-order valence-electron chi connectivity index (χ1n) is 9.69. The third-order valence-electron chi connectivity index (χ3n) is 4.72. The molecule has 2 nitrogen and oxygen atoms in total. The molecule has 0 N–H and O–H groups in total. The lowest BCUT2D eigenvalue weighted by atomic mass is 9.95. The van der Waals surface area contributed by atoms with E-state index >= 15 is 0 Å². The zero-order valence-corrected chi connectivity index (χ0v) is 17.7. The molecular formula is C24H30ClNO. The molecule has 0 bridgehead atoms. The van der Waals surface area contributed by atoms with E-state index < -0.39 is 0 Å². The lowest BCUT2D eigenvalue weighted by molar-refractivity contribution is 0.239. The molecule has 1 aliphatic rings. The summed E-state index contributed by atoms with van der Waals surface area (Å²) in [4.78, 5) is 4.50. The molecule has 0 aromatic heterocycles. The van der Waals surface area contributed by atoms with E-state index in [9.17, 15) is 0 Å². The maximum atomic E-state index is 6.23. The molecule has 1 aromatic carbocycles. The molecule has 0 heterocycles. The van der Waals surface area contributed by atoms with Gasteiger partial charge >= 0.3 is 0 Å². The van der Waals surface area contributed by atoms with Gasteiger partial charge in [0.25, 0.3) is 0 Å². The van der Waals surface area contributed by atoms with E-state index in [1.165, 1.54) is 34.3 Å².